The Hall–Kier alpha value is -1.74. The van der Waals surface area contributed by atoms with E-state index in [1.54, 1.807) is 6.20 Å². The Labute approximate surface area is 97.2 Å². The standard InChI is InChI=1S/C12H9ClN2O/c13-10-2-1-9-4-6-15(12(9)7-10)8-11-3-5-14-16-11/h1-7H,8H2. The van der Waals surface area contributed by atoms with Gasteiger partial charge in [0, 0.05) is 22.8 Å². The van der Waals surface area contributed by atoms with Crippen molar-refractivity contribution in [1.29, 1.82) is 0 Å². The maximum Gasteiger partial charge on any atom is 0.156 e. The van der Waals surface area contributed by atoms with Crippen LogP contribution >= 0.6 is 11.6 Å². The molecule has 2 aromatic heterocycles. The van der Waals surface area contributed by atoms with Gasteiger partial charge in [0.25, 0.3) is 0 Å². The zero-order valence-corrected chi connectivity index (χ0v) is 9.19. The van der Waals surface area contributed by atoms with E-state index in [2.05, 4.69) is 15.8 Å². The summed E-state index contributed by atoms with van der Waals surface area (Å²) in [5.41, 5.74) is 1.10. The van der Waals surface area contributed by atoms with E-state index in [9.17, 15) is 0 Å². The molecule has 16 heavy (non-hydrogen) atoms. The number of hydrogen-bond donors (Lipinski definition) is 0. The normalized spacial score (nSPS) is 11.1. The van der Waals surface area contributed by atoms with Crippen LogP contribution in [0.15, 0.2) is 47.2 Å². The van der Waals surface area contributed by atoms with Crippen LogP contribution in [0.2, 0.25) is 5.02 Å². The number of hydrogen-bond acceptors (Lipinski definition) is 2. The second kappa shape index (κ2) is 3.68. The van der Waals surface area contributed by atoms with Gasteiger partial charge in [-0.25, -0.2) is 0 Å². The highest BCUT2D eigenvalue weighted by atomic mass is 35.5. The highest BCUT2D eigenvalue weighted by Crippen LogP contribution is 2.21. The van der Waals surface area contributed by atoms with Crippen LogP contribution in [0.5, 0.6) is 0 Å². The molecule has 0 radical (unpaired) electrons. The quantitative estimate of drug-likeness (QED) is 0.679. The van der Waals surface area contributed by atoms with Crippen LogP contribution in [-0.2, 0) is 6.54 Å². The molecule has 0 aliphatic carbocycles. The summed E-state index contributed by atoms with van der Waals surface area (Å²) in [6.45, 7) is 0.670. The largest absolute Gasteiger partial charge is 0.359 e. The zero-order valence-electron chi connectivity index (χ0n) is 8.43. The van der Waals surface area contributed by atoms with Crippen molar-refractivity contribution in [3.63, 3.8) is 0 Å². The molecular weight excluding hydrogens is 224 g/mol. The van der Waals surface area contributed by atoms with Gasteiger partial charge in [0.1, 0.15) is 0 Å². The summed E-state index contributed by atoms with van der Waals surface area (Å²) in [4.78, 5) is 0. The second-order valence-electron chi connectivity index (χ2n) is 3.63. The van der Waals surface area contributed by atoms with E-state index >= 15 is 0 Å². The highest BCUT2D eigenvalue weighted by Gasteiger charge is 2.04. The van der Waals surface area contributed by atoms with Gasteiger partial charge in [0.15, 0.2) is 5.76 Å². The van der Waals surface area contributed by atoms with Gasteiger partial charge in [-0.3, -0.25) is 0 Å². The third kappa shape index (κ3) is 1.59. The van der Waals surface area contributed by atoms with Gasteiger partial charge in [-0.2, -0.15) is 0 Å². The van der Waals surface area contributed by atoms with Crippen molar-refractivity contribution in [1.82, 2.24) is 9.72 Å². The molecule has 0 unspecified atom stereocenters. The third-order valence-corrected chi connectivity index (χ3v) is 2.79. The highest BCUT2D eigenvalue weighted by molar-refractivity contribution is 6.31. The number of rotatable bonds is 2. The second-order valence-corrected chi connectivity index (χ2v) is 4.06. The Morgan fingerprint density at radius 1 is 1.25 bits per heavy atom. The third-order valence-electron chi connectivity index (χ3n) is 2.55. The molecule has 0 spiro atoms. The Morgan fingerprint density at radius 2 is 2.19 bits per heavy atom. The molecule has 0 N–H and O–H groups in total. The average molecular weight is 233 g/mol. The van der Waals surface area contributed by atoms with Crippen LogP contribution in [-0.4, -0.2) is 9.72 Å². The summed E-state index contributed by atoms with van der Waals surface area (Å²) < 4.78 is 7.17. The summed E-state index contributed by atoms with van der Waals surface area (Å²) in [5, 5.41) is 5.60. The Morgan fingerprint density at radius 3 is 3.00 bits per heavy atom. The van der Waals surface area contributed by atoms with Crippen LogP contribution in [0.25, 0.3) is 10.9 Å². The van der Waals surface area contributed by atoms with Crippen LogP contribution in [0.1, 0.15) is 5.76 Å². The van der Waals surface area contributed by atoms with E-state index in [1.165, 1.54) is 5.39 Å². The zero-order chi connectivity index (χ0) is 11.0. The lowest BCUT2D eigenvalue weighted by Gasteiger charge is -2.02. The summed E-state index contributed by atoms with van der Waals surface area (Å²) in [6, 6.07) is 9.77. The summed E-state index contributed by atoms with van der Waals surface area (Å²) in [7, 11) is 0. The molecule has 0 atom stereocenters. The van der Waals surface area contributed by atoms with Gasteiger partial charge >= 0.3 is 0 Å². The van der Waals surface area contributed by atoms with Gasteiger partial charge in [-0.05, 0) is 23.6 Å². The molecule has 1 aromatic carbocycles. The first-order chi connectivity index (χ1) is 7.83. The van der Waals surface area contributed by atoms with Gasteiger partial charge in [0.05, 0.1) is 12.7 Å². The molecule has 0 saturated carbocycles. The summed E-state index contributed by atoms with van der Waals surface area (Å²) >= 11 is 5.98. The Bertz CT molecular complexity index is 613. The average Bonchev–Trinajstić information content (AvgIpc) is 2.90. The molecule has 0 aliphatic rings. The molecule has 0 aliphatic heterocycles. The lowest BCUT2D eigenvalue weighted by Crippen LogP contribution is -1.95. The molecule has 0 fully saturated rings. The smallest absolute Gasteiger partial charge is 0.156 e. The number of fused-ring (bicyclic) bond motifs is 1. The predicted octanol–water partition coefficient (Wildman–Crippen LogP) is 3.33. The summed E-state index contributed by atoms with van der Waals surface area (Å²) in [5.74, 6) is 0.831. The SMILES string of the molecule is Clc1ccc2ccn(Cc3ccno3)c2c1. The van der Waals surface area contributed by atoms with E-state index in [4.69, 9.17) is 16.1 Å². The number of halogens is 1. The molecule has 2 heterocycles. The number of nitrogens with zero attached hydrogens (tertiary/aromatic N) is 2. The van der Waals surface area contributed by atoms with E-state index in [0.29, 0.717) is 6.54 Å². The minimum atomic E-state index is 0.670. The van der Waals surface area contributed by atoms with Crippen LogP contribution in [0.3, 0.4) is 0 Å². The number of benzene rings is 1. The van der Waals surface area contributed by atoms with Crippen molar-refractivity contribution in [2.24, 2.45) is 0 Å². The fourth-order valence-corrected chi connectivity index (χ4v) is 1.95. The fourth-order valence-electron chi connectivity index (χ4n) is 1.79. The molecule has 0 amide bonds. The minimum Gasteiger partial charge on any atom is -0.359 e. The first-order valence-electron chi connectivity index (χ1n) is 4.97. The molecule has 3 nitrogen and oxygen atoms in total. The molecule has 0 saturated heterocycles. The van der Waals surface area contributed by atoms with Crippen molar-refractivity contribution in [2.45, 2.75) is 6.54 Å². The van der Waals surface area contributed by atoms with Crippen molar-refractivity contribution in [3.8, 4) is 0 Å². The Balaban J connectivity index is 2.07. The summed E-state index contributed by atoms with van der Waals surface area (Å²) in [6.07, 6.45) is 3.66. The van der Waals surface area contributed by atoms with Crippen molar-refractivity contribution < 1.29 is 4.52 Å². The van der Waals surface area contributed by atoms with Crippen molar-refractivity contribution in [3.05, 3.63) is 53.5 Å². The first kappa shape index (κ1) is 9.48. The topological polar surface area (TPSA) is 31.0 Å². The van der Waals surface area contributed by atoms with E-state index in [0.717, 1.165) is 16.3 Å². The van der Waals surface area contributed by atoms with Gasteiger partial charge < -0.3 is 9.09 Å². The lowest BCUT2D eigenvalue weighted by atomic mass is 10.2. The van der Waals surface area contributed by atoms with E-state index in [1.807, 2.05) is 30.5 Å². The molecule has 0 bridgehead atoms. The molecule has 3 aromatic rings. The molecular formula is C12H9ClN2O. The van der Waals surface area contributed by atoms with Crippen molar-refractivity contribution in [2.75, 3.05) is 0 Å². The Kier molecular flexibility index (Phi) is 2.18. The van der Waals surface area contributed by atoms with E-state index < -0.39 is 0 Å². The maximum atomic E-state index is 5.98. The van der Waals surface area contributed by atoms with Crippen LogP contribution < -0.4 is 0 Å². The minimum absolute atomic E-state index is 0.670. The van der Waals surface area contributed by atoms with Crippen LogP contribution in [0.4, 0.5) is 0 Å². The van der Waals surface area contributed by atoms with Gasteiger partial charge in [-0.15, -0.1) is 0 Å². The van der Waals surface area contributed by atoms with Crippen molar-refractivity contribution >= 4 is 22.5 Å². The predicted molar refractivity (Wildman–Crippen MR) is 62.6 cm³/mol. The monoisotopic (exact) mass is 232 g/mol. The maximum absolute atomic E-state index is 5.98. The fraction of sp³-hybridized carbons (Fsp3) is 0.0833. The van der Waals surface area contributed by atoms with Crippen LogP contribution in [0, 0.1) is 0 Å². The van der Waals surface area contributed by atoms with Gasteiger partial charge in [0.2, 0.25) is 0 Å². The lowest BCUT2D eigenvalue weighted by molar-refractivity contribution is 0.378. The van der Waals surface area contributed by atoms with Gasteiger partial charge in [-0.1, -0.05) is 22.8 Å². The first-order valence-corrected chi connectivity index (χ1v) is 5.35. The van der Waals surface area contributed by atoms with E-state index in [-0.39, 0.29) is 0 Å². The molecule has 80 valence electrons. The molecule has 4 heteroatoms. The molecule has 3 rings (SSSR count). The number of aromatic nitrogens is 2.